The van der Waals surface area contributed by atoms with Gasteiger partial charge in [0, 0.05) is 42.6 Å². The number of aromatic amines is 1. The summed E-state index contributed by atoms with van der Waals surface area (Å²) >= 11 is 0. The number of pyridine rings is 1. The van der Waals surface area contributed by atoms with Crippen LogP contribution < -0.4 is 20.0 Å². The Kier molecular flexibility index (Phi) is 6.81. The Morgan fingerprint density at radius 1 is 1.29 bits per heavy atom. The van der Waals surface area contributed by atoms with E-state index in [1.54, 1.807) is 19.5 Å². The van der Waals surface area contributed by atoms with Gasteiger partial charge in [-0.05, 0) is 38.1 Å². The zero-order valence-electron chi connectivity index (χ0n) is 17.7. The molecule has 0 saturated carbocycles. The number of aliphatic carboxylic acids is 1. The van der Waals surface area contributed by atoms with E-state index in [1.165, 1.54) is 10.4 Å². The molecular weight excluding hydrogens is 396 g/mol. The molecule has 0 fully saturated rings. The molecule has 1 aliphatic heterocycles. The van der Waals surface area contributed by atoms with E-state index >= 15 is 0 Å². The van der Waals surface area contributed by atoms with Crippen molar-refractivity contribution in [1.82, 2.24) is 9.78 Å². The van der Waals surface area contributed by atoms with E-state index in [4.69, 9.17) is 14.6 Å². The van der Waals surface area contributed by atoms with Crippen LogP contribution in [0.5, 0.6) is 5.75 Å². The fourth-order valence-electron chi connectivity index (χ4n) is 3.33. The van der Waals surface area contributed by atoms with Gasteiger partial charge in [0.15, 0.2) is 11.9 Å². The quantitative estimate of drug-likeness (QED) is 0.499. The van der Waals surface area contributed by atoms with Crippen LogP contribution in [0, 0.1) is 0 Å². The van der Waals surface area contributed by atoms with Gasteiger partial charge in [-0.1, -0.05) is 6.07 Å². The number of aromatic nitrogens is 3. The van der Waals surface area contributed by atoms with Crippen molar-refractivity contribution in [3.8, 4) is 5.75 Å². The van der Waals surface area contributed by atoms with Gasteiger partial charge in [-0.2, -0.15) is 4.57 Å². The maximum absolute atomic E-state index is 12.2. The predicted molar refractivity (Wildman–Crippen MR) is 115 cm³/mol. The lowest BCUT2D eigenvalue weighted by molar-refractivity contribution is -0.582. The first kappa shape index (κ1) is 21.8. The predicted octanol–water partition coefficient (Wildman–Crippen LogP) is 1.47. The molecule has 0 aliphatic carbocycles. The average Bonchev–Trinajstić information content (AvgIpc) is 3.31. The molecule has 1 aromatic carbocycles. The summed E-state index contributed by atoms with van der Waals surface area (Å²) in [4.78, 5) is 25.6. The number of H-pyrrole nitrogens is 1. The van der Waals surface area contributed by atoms with E-state index in [-0.39, 0.29) is 5.56 Å². The van der Waals surface area contributed by atoms with Crippen molar-refractivity contribution in [1.29, 1.82) is 0 Å². The lowest BCUT2D eigenvalue weighted by Gasteiger charge is -2.03. The lowest BCUT2D eigenvalue weighted by Crippen LogP contribution is -2.33. The Balaban J connectivity index is 0.000000628. The van der Waals surface area contributed by atoms with Crippen molar-refractivity contribution in [2.45, 2.75) is 26.8 Å². The van der Waals surface area contributed by atoms with Crippen LogP contribution in [-0.2, 0) is 17.8 Å². The molecule has 0 unspecified atom stereocenters. The molecule has 0 bridgehead atoms. The van der Waals surface area contributed by atoms with Crippen LogP contribution in [0.15, 0.2) is 70.2 Å². The highest BCUT2D eigenvalue weighted by molar-refractivity contribution is 5.91. The van der Waals surface area contributed by atoms with Gasteiger partial charge in [0.1, 0.15) is 11.4 Å². The number of methoxy groups -OCH3 is 1. The fourth-order valence-corrected chi connectivity index (χ4v) is 3.33. The summed E-state index contributed by atoms with van der Waals surface area (Å²) in [5.74, 6) is -0.265. The molecule has 3 aromatic rings. The highest BCUT2D eigenvalue weighted by Gasteiger charge is 2.30. The van der Waals surface area contributed by atoms with Gasteiger partial charge < -0.3 is 19.7 Å². The van der Waals surface area contributed by atoms with Gasteiger partial charge in [0.05, 0.1) is 19.1 Å². The molecule has 0 saturated heterocycles. The van der Waals surface area contributed by atoms with E-state index in [2.05, 4.69) is 26.9 Å². The summed E-state index contributed by atoms with van der Waals surface area (Å²) in [6.45, 7) is 3.48. The second kappa shape index (κ2) is 9.71. The number of rotatable bonds is 5. The van der Waals surface area contributed by atoms with Crippen molar-refractivity contribution in [3.05, 3.63) is 82.0 Å². The van der Waals surface area contributed by atoms with Crippen molar-refractivity contribution in [2.75, 3.05) is 7.11 Å². The number of aryl methyl sites for hydroxylation is 1. The standard InChI is InChI=1S/C21H20N4O2.C2H4O2/c1-3-25-21(26)19(14-23-25)22-13-16-12-17-6-4-5-11-24(17)20(16)15-7-9-18(27-2)10-8-15;1-2(3)4/h4-11,13-14H,3,12H2,1-2H3;1H3,(H,3,4). The summed E-state index contributed by atoms with van der Waals surface area (Å²) in [7, 11) is 1.66. The summed E-state index contributed by atoms with van der Waals surface area (Å²) in [6, 6.07) is 14.1. The van der Waals surface area contributed by atoms with E-state index in [0.717, 1.165) is 35.9 Å². The fraction of sp³-hybridized carbons (Fsp3) is 0.217. The van der Waals surface area contributed by atoms with Gasteiger partial charge in [0.2, 0.25) is 5.70 Å². The maximum atomic E-state index is 12.2. The summed E-state index contributed by atoms with van der Waals surface area (Å²) in [6.07, 6.45) is 6.26. The number of allylic oxidation sites excluding steroid dienone is 1. The Bertz CT molecular complexity index is 1180. The molecule has 2 aromatic heterocycles. The molecule has 0 amide bonds. The number of nitrogens with one attached hydrogen (secondary N) is 1. The van der Waals surface area contributed by atoms with Gasteiger partial charge in [-0.15, -0.1) is 0 Å². The number of fused-ring (bicyclic) bond motifs is 1. The first-order valence-electron chi connectivity index (χ1n) is 9.82. The minimum Gasteiger partial charge on any atom is -0.550 e. The second-order valence-corrected chi connectivity index (χ2v) is 6.80. The first-order valence-corrected chi connectivity index (χ1v) is 9.82. The van der Waals surface area contributed by atoms with Gasteiger partial charge in [-0.3, -0.25) is 9.48 Å². The lowest BCUT2D eigenvalue weighted by atomic mass is 10.1. The third kappa shape index (κ3) is 4.98. The maximum Gasteiger partial charge on any atom is 0.292 e. The number of aliphatic imine (C=N–C) groups is 1. The Morgan fingerprint density at radius 3 is 2.61 bits per heavy atom. The number of hydrogen-bond acceptors (Lipinski definition) is 5. The number of carbonyl (C=O) groups is 1. The van der Waals surface area contributed by atoms with Crippen LogP contribution >= 0.6 is 0 Å². The summed E-state index contributed by atoms with van der Waals surface area (Å²) in [5, 5.41) is 11.8. The minimum atomic E-state index is -1.08. The van der Waals surface area contributed by atoms with Crippen molar-refractivity contribution in [2.24, 2.45) is 4.99 Å². The topological polar surface area (TPSA) is 103 Å². The molecule has 3 heterocycles. The molecule has 4 rings (SSSR count). The first-order chi connectivity index (χ1) is 14.9. The van der Waals surface area contributed by atoms with Gasteiger partial charge in [-0.25, -0.2) is 4.99 Å². The largest absolute Gasteiger partial charge is 0.550 e. The van der Waals surface area contributed by atoms with Crippen molar-refractivity contribution < 1.29 is 19.2 Å². The van der Waals surface area contributed by atoms with Crippen LogP contribution in [-0.4, -0.2) is 29.1 Å². The number of carbonyl (C=O) groups excluding carboxylic acids is 1. The smallest absolute Gasteiger partial charge is 0.292 e. The summed E-state index contributed by atoms with van der Waals surface area (Å²) < 4.78 is 8.97. The van der Waals surface area contributed by atoms with E-state index in [1.807, 2.05) is 43.3 Å². The number of carboxylic acid groups (broad SMARTS) is 1. The van der Waals surface area contributed by atoms with Crippen LogP contribution in [0.2, 0.25) is 0 Å². The van der Waals surface area contributed by atoms with E-state index in [0.29, 0.717) is 12.2 Å². The zero-order chi connectivity index (χ0) is 22.4. The number of carboxylic acids is 1. The molecule has 8 nitrogen and oxygen atoms in total. The molecule has 8 heteroatoms. The Morgan fingerprint density at radius 2 is 2.00 bits per heavy atom. The van der Waals surface area contributed by atoms with Gasteiger partial charge >= 0.3 is 0 Å². The molecule has 31 heavy (non-hydrogen) atoms. The molecule has 0 atom stereocenters. The third-order valence-electron chi connectivity index (χ3n) is 4.72. The highest BCUT2D eigenvalue weighted by Crippen LogP contribution is 2.25. The van der Waals surface area contributed by atoms with Crippen molar-refractivity contribution >= 4 is 23.6 Å². The Hall–Kier alpha value is -3.94. The second-order valence-electron chi connectivity index (χ2n) is 6.80. The monoisotopic (exact) mass is 420 g/mol. The molecule has 160 valence electrons. The Labute approximate surface area is 179 Å². The van der Waals surface area contributed by atoms with Crippen LogP contribution in [0.4, 0.5) is 5.69 Å². The molecule has 0 radical (unpaired) electrons. The number of hydrogen-bond donors (Lipinski definition) is 1. The molecule has 1 N–H and O–H groups in total. The minimum absolute atomic E-state index is 0.108. The number of benzene rings is 1. The SMILES string of the molecule is CC(=O)[O-].CCn1[nH]cc(N=CC2=C(c3ccc(OC)cc3)[n+]3ccccc3C2)c1=O. The average molecular weight is 420 g/mol. The van der Waals surface area contributed by atoms with E-state index < -0.39 is 5.97 Å². The van der Waals surface area contributed by atoms with E-state index in [9.17, 15) is 4.79 Å². The molecular formula is C23H24N4O4. The summed E-state index contributed by atoms with van der Waals surface area (Å²) in [5.41, 5.74) is 4.71. The van der Waals surface area contributed by atoms with Crippen molar-refractivity contribution in [3.63, 3.8) is 0 Å². The van der Waals surface area contributed by atoms with Crippen LogP contribution in [0.1, 0.15) is 25.1 Å². The van der Waals surface area contributed by atoms with Gasteiger partial charge in [0.25, 0.3) is 5.56 Å². The van der Waals surface area contributed by atoms with Crippen LogP contribution in [0.25, 0.3) is 5.70 Å². The highest BCUT2D eigenvalue weighted by atomic mass is 16.5. The zero-order valence-corrected chi connectivity index (χ0v) is 17.7. The van der Waals surface area contributed by atoms with Crippen LogP contribution in [0.3, 0.4) is 0 Å². The number of nitrogens with zero attached hydrogens (tertiary/aromatic N) is 3. The molecule has 0 spiro atoms. The number of ether oxygens (including phenoxy) is 1. The normalized spacial score (nSPS) is 12.5. The molecule has 1 aliphatic rings. The third-order valence-corrected chi connectivity index (χ3v) is 4.72.